The summed E-state index contributed by atoms with van der Waals surface area (Å²) < 4.78 is 0. The SMILES string of the molecule is CC(C)c1ccnc2cc(Cl)ccc12. The van der Waals surface area contributed by atoms with Crippen LogP contribution in [0.2, 0.25) is 5.02 Å². The highest BCUT2D eigenvalue weighted by molar-refractivity contribution is 6.31. The molecule has 0 aliphatic heterocycles. The van der Waals surface area contributed by atoms with E-state index in [0.717, 1.165) is 10.5 Å². The van der Waals surface area contributed by atoms with Crippen LogP contribution in [0.1, 0.15) is 25.3 Å². The first-order valence-corrected chi connectivity index (χ1v) is 5.10. The molecule has 14 heavy (non-hydrogen) atoms. The molecule has 2 rings (SSSR count). The Morgan fingerprint density at radius 3 is 2.71 bits per heavy atom. The Bertz CT molecular complexity index is 463. The average Bonchev–Trinajstić information content (AvgIpc) is 2.16. The molecule has 0 N–H and O–H groups in total. The van der Waals surface area contributed by atoms with Crippen LogP contribution in [0.15, 0.2) is 30.5 Å². The first kappa shape index (κ1) is 9.47. The van der Waals surface area contributed by atoms with Crippen molar-refractivity contribution in [2.24, 2.45) is 0 Å². The van der Waals surface area contributed by atoms with Crippen LogP contribution in [0.5, 0.6) is 0 Å². The number of halogens is 1. The number of rotatable bonds is 1. The van der Waals surface area contributed by atoms with Gasteiger partial charge in [0.25, 0.3) is 0 Å². The third-order valence-corrected chi connectivity index (χ3v) is 2.60. The van der Waals surface area contributed by atoms with E-state index in [4.69, 9.17) is 11.6 Å². The van der Waals surface area contributed by atoms with E-state index in [0.29, 0.717) is 5.92 Å². The Morgan fingerprint density at radius 2 is 2.00 bits per heavy atom. The Morgan fingerprint density at radius 1 is 1.21 bits per heavy atom. The zero-order chi connectivity index (χ0) is 10.1. The molecule has 0 spiro atoms. The lowest BCUT2D eigenvalue weighted by molar-refractivity contribution is 0.874. The summed E-state index contributed by atoms with van der Waals surface area (Å²) in [5, 5.41) is 1.94. The van der Waals surface area contributed by atoms with Gasteiger partial charge in [-0.2, -0.15) is 0 Å². The number of benzene rings is 1. The second-order valence-corrected chi connectivity index (χ2v) is 4.15. The molecule has 72 valence electrons. The Kier molecular flexibility index (Phi) is 2.42. The van der Waals surface area contributed by atoms with E-state index in [1.165, 1.54) is 10.9 Å². The minimum Gasteiger partial charge on any atom is -0.256 e. The van der Waals surface area contributed by atoms with E-state index in [9.17, 15) is 0 Å². The van der Waals surface area contributed by atoms with Crippen molar-refractivity contribution in [2.75, 3.05) is 0 Å². The fourth-order valence-corrected chi connectivity index (χ4v) is 1.81. The normalized spacial score (nSPS) is 11.1. The second kappa shape index (κ2) is 3.58. The largest absolute Gasteiger partial charge is 0.256 e. The third kappa shape index (κ3) is 1.60. The van der Waals surface area contributed by atoms with E-state index in [-0.39, 0.29) is 0 Å². The fourth-order valence-electron chi connectivity index (χ4n) is 1.65. The van der Waals surface area contributed by atoms with Crippen LogP contribution >= 0.6 is 11.6 Å². The summed E-state index contributed by atoms with van der Waals surface area (Å²) in [5.41, 5.74) is 2.30. The smallest absolute Gasteiger partial charge is 0.0719 e. The van der Waals surface area contributed by atoms with Crippen LogP contribution in [0.25, 0.3) is 10.9 Å². The highest BCUT2D eigenvalue weighted by Gasteiger charge is 2.05. The molecular weight excluding hydrogens is 194 g/mol. The lowest BCUT2D eigenvalue weighted by Crippen LogP contribution is -1.90. The van der Waals surface area contributed by atoms with Crippen LogP contribution in [0.4, 0.5) is 0 Å². The summed E-state index contributed by atoms with van der Waals surface area (Å²) in [4.78, 5) is 4.30. The summed E-state index contributed by atoms with van der Waals surface area (Å²) in [5.74, 6) is 0.515. The lowest BCUT2D eigenvalue weighted by atomic mass is 9.99. The summed E-state index contributed by atoms with van der Waals surface area (Å²) >= 11 is 5.91. The predicted octanol–water partition coefficient (Wildman–Crippen LogP) is 4.01. The zero-order valence-corrected chi connectivity index (χ0v) is 9.05. The highest BCUT2D eigenvalue weighted by Crippen LogP contribution is 2.25. The summed E-state index contributed by atoms with van der Waals surface area (Å²) in [6.07, 6.45) is 1.84. The zero-order valence-electron chi connectivity index (χ0n) is 8.29. The fraction of sp³-hybridized carbons (Fsp3) is 0.250. The first-order chi connectivity index (χ1) is 6.68. The van der Waals surface area contributed by atoms with Gasteiger partial charge < -0.3 is 0 Å². The molecule has 2 aromatic rings. The number of pyridine rings is 1. The van der Waals surface area contributed by atoms with E-state index in [2.05, 4.69) is 24.9 Å². The number of hydrogen-bond donors (Lipinski definition) is 0. The summed E-state index contributed by atoms with van der Waals surface area (Å²) in [6.45, 7) is 4.37. The van der Waals surface area contributed by atoms with Gasteiger partial charge in [0.05, 0.1) is 5.52 Å². The molecular formula is C12H12ClN. The maximum absolute atomic E-state index is 5.91. The number of hydrogen-bond acceptors (Lipinski definition) is 1. The summed E-state index contributed by atoms with van der Waals surface area (Å²) in [7, 11) is 0. The molecule has 0 bridgehead atoms. The van der Waals surface area contributed by atoms with Gasteiger partial charge in [-0.15, -0.1) is 0 Å². The number of aromatic nitrogens is 1. The van der Waals surface area contributed by atoms with Crippen LogP contribution < -0.4 is 0 Å². The van der Waals surface area contributed by atoms with Crippen molar-refractivity contribution in [3.05, 3.63) is 41.0 Å². The minimum atomic E-state index is 0.515. The topological polar surface area (TPSA) is 12.9 Å². The maximum atomic E-state index is 5.91. The average molecular weight is 206 g/mol. The number of fused-ring (bicyclic) bond motifs is 1. The van der Waals surface area contributed by atoms with Crippen molar-refractivity contribution in [3.63, 3.8) is 0 Å². The van der Waals surface area contributed by atoms with Gasteiger partial charge >= 0.3 is 0 Å². The molecule has 0 saturated heterocycles. The molecule has 2 heteroatoms. The number of nitrogens with zero attached hydrogens (tertiary/aromatic N) is 1. The molecule has 1 aromatic heterocycles. The van der Waals surface area contributed by atoms with Crippen molar-refractivity contribution in [3.8, 4) is 0 Å². The molecule has 1 aromatic carbocycles. The van der Waals surface area contributed by atoms with Crippen molar-refractivity contribution < 1.29 is 0 Å². The van der Waals surface area contributed by atoms with Crippen molar-refractivity contribution in [2.45, 2.75) is 19.8 Å². The highest BCUT2D eigenvalue weighted by atomic mass is 35.5. The van der Waals surface area contributed by atoms with Crippen LogP contribution in [0.3, 0.4) is 0 Å². The molecule has 0 unspecified atom stereocenters. The molecule has 0 radical (unpaired) electrons. The molecule has 0 aliphatic rings. The van der Waals surface area contributed by atoms with E-state index < -0.39 is 0 Å². The van der Waals surface area contributed by atoms with E-state index in [1.54, 1.807) is 0 Å². The van der Waals surface area contributed by atoms with Crippen LogP contribution in [-0.4, -0.2) is 4.98 Å². The predicted molar refractivity (Wildman–Crippen MR) is 60.8 cm³/mol. The van der Waals surface area contributed by atoms with E-state index in [1.807, 2.05) is 24.4 Å². The van der Waals surface area contributed by atoms with E-state index >= 15 is 0 Å². The standard InChI is InChI=1S/C12H12ClN/c1-8(2)10-5-6-14-12-7-9(13)3-4-11(10)12/h3-8H,1-2H3. The Hall–Kier alpha value is -1.08. The molecule has 1 heterocycles. The molecule has 0 atom stereocenters. The molecule has 1 nitrogen and oxygen atoms in total. The molecule has 0 amide bonds. The van der Waals surface area contributed by atoms with Gasteiger partial charge in [0, 0.05) is 16.6 Å². The minimum absolute atomic E-state index is 0.515. The Balaban J connectivity index is 2.75. The summed E-state index contributed by atoms with van der Waals surface area (Å²) in [6, 6.07) is 7.93. The van der Waals surface area contributed by atoms with Gasteiger partial charge in [-0.1, -0.05) is 31.5 Å². The van der Waals surface area contributed by atoms with Crippen molar-refractivity contribution >= 4 is 22.5 Å². The lowest BCUT2D eigenvalue weighted by Gasteiger charge is -2.08. The van der Waals surface area contributed by atoms with Crippen LogP contribution in [-0.2, 0) is 0 Å². The molecule has 0 aliphatic carbocycles. The Labute approximate surface area is 88.7 Å². The first-order valence-electron chi connectivity index (χ1n) is 4.72. The van der Waals surface area contributed by atoms with Gasteiger partial charge in [0.1, 0.15) is 0 Å². The monoisotopic (exact) mass is 205 g/mol. The molecule has 0 fully saturated rings. The quantitative estimate of drug-likeness (QED) is 0.686. The maximum Gasteiger partial charge on any atom is 0.0719 e. The van der Waals surface area contributed by atoms with Crippen molar-refractivity contribution in [1.82, 2.24) is 4.98 Å². The van der Waals surface area contributed by atoms with Gasteiger partial charge in [0.2, 0.25) is 0 Å². The van der Waals surface area contributed by atoms with Gasteiger partial charge in [-0.25, -0.2) is 0 Å². The second-order valence-electron chi connectivity index (χ2n) is 3.72. The third-order valence-electron chi connectivity index (χ3n) is 2.36. The van der Waals surface area contributed by atoms with Crippen molar-refractivity contribution in [1.29, 1.82) is 0 Å². The van der Waals surface area contributed by atoms with Gasteiger partial charge in [-0.05, 0) is 29.7 Å². The van der Waals surface area contributed by atoms with Gasteiger partial charge in [0.15, 0.2) is 0 Å². The van der Waals surface area contributed by atoms with Crippen LogP contribution in [0, 0.1) is 0 Å². The molecule has 0 saturated carbocycles. The van der Waals surface area contributed by atoms with Gasteiger partial charge in [-0.3, -0.25) is 4.98 Å².